The van der Waals surface area contributed by atoms with Crippen molar-refractivity contribution in [1.82, 2.24) is 24.6 Å². The molecule has 1 aromatic carbocycles. The molecule has 8 heteroatoms. The number of fused-ring (bicyclic) bond motifs is 2. The van der Waals surface area contributed by atoms with Crippen LogP contribution in [0.15, 0.2) is 40.4 Å². The van der Waals surface area contributed by atoms with Gasteiger partial charge in [-0.1, -0.05) is 30.8 Å². The minimum Gasteiger partial charge on any atom is -0.356 e. The van der Waals surface area contributed by atoms with E-state index in [1.807, 2.05) is 38.1 Å². The first-order chi connectivity index (χ1) is 13.1. The highest BCUT2D eigenvalue weighted by Crippen LogP contribution is 2.33. The maximum atomic E-state index is 13.1. The smallest absolute Gasteiger partial charge is 0.265 e. The van der Waals surface area contributed by atoms with Gasteiger partial charge in [-0.05, 0) is 31.0 Å². The summed E-state index contributed by atoms with van der Waals surface area (Å²) >= 11 is 1.51. The summed E-state index contributed by atoms with van der Waals surface area (Å²) in [5, 5.41) is 8.39. The fourth-order valence-corrected chi connectivity index (χ4v) is 4.41. The van der Waals surface area contributed by atoms with Crippen molar-refractivity contribution < 1.29 is 4.79 Å². The molecule has 3 aromatic rings. The molecule has 0 spiro atoms. The van der Waals surface area contributed by atoms with E-state index >= 15 is 0 Å². The first-order valence-electron chi connectivity index (χ1n) is 9.05. The molecule has 0 fully saturated rings. The zero-order valence-corrected chi connectivity index (χ0v) is 16.1. The lowest BCUT2D eigenvalue weighted by molar-refractivity contribution is -0.121. The van der Waals surface area contributed by atoms with Gasteiger partial charge in [-0.3, -0.25) is 14.2 Å². The summed E-state index contributed by atoms with van der Waals surface area (Å²) in [6.07, 6.45) is 2.75. The van der Waals surface area contributed by atoms with Crippen LogP contribution >= 0.6 is 11.8 Å². The van der Waals surface area contributed by atoms with Gasteiger partial charge in [0.05, 0.1) is 17.9 Å². The third-order valence-corrected chi connectivity index (χ3v) is 5.71. The number of hydrogen-bond acceptors (Lipinski definition) is 5. The van der Waals surface area contributed by atoms with E-state index in [1.54, 1.807) is 15.4 Å². The monoisotopic (exact) mass is 383 g/mol. The maximum Gasteiger partial charge on any atom is 0.265 e. The molecule has 1 aliphatic heterocycles. The summed E-state index contributed by atoms with van der Waals surface area (Å²) in [5.74, 6) is 0.643. The number of carbonyl (C=O) groups is 1. The highest BCUT2D eigenvalue weighted by molar-refractivity contribution is 7.99. The van der Waals surface area contributed by atoms with Gasteiger partial charge in [0.2, 0.25) is 5.91 Å². The molecule has 1 aliphatic rings. The SMILES string of the molecule is CCCNC(=O)CC1CSc2nc3c(cnn3-c3cccc(C)c3)c(=O)n21. The minimum atomic E-state index is -0.173. The quantitative estimate of drug-likeness (QED) is 0.685. The van der Waals surface area contributed by atoms with Gasteiger partial charge in [-0.15, -0.1) is 0 Å². The zero-order chi connectivity index (χ0) is 19.0. The molecule has 0 bridgehead atoms. The van der Waals surface area contributed by atoms with Crippen molar-refractivity contribution in [3.8, 4) is 5.69 Å². The Labute approximate surface area is 160 Å². The van der Waals surface area contributed by atoms with Crippen molar-refractivity contribution in [3.63, 3.8) is 0 Å². The minimum absolute atomic E-state index is 0.0299. The van der Waals surface area contributed by atoms with E-state index in [0.717, 1.165) is 17.7 Å². The lowest BCUT2D eigenvalue weighted by Gasteiger charge is -2.13. The summed E-state index contributed by atoms with van der Waals surface area (Å²) < 4.78 is 3.35. The number of hydrogen-bond donors (Lipinski definition) is 1. The second kappa shape index (κ2) is 7.19. The van der Waals surface area contributed by atoms with Gasteiger partial charge in [0, 0.05) is 18.7 Å². The molecule has 0 radical (unpaired) electrons. The van der Waals surface area contributed by atoms with Crippen LogP contribution in [0.2, 0.25) is 0 Å². The number of benzene rings is 1. The Morgan fingerprint density at radius 3 is 3.04 bits per heavy atom. The number of rotatable bonds is 5. The number of thioether (sulfide) groups is 1. The second-order valence-electron chi connectivity index (χ2n) is 6.72. The predicted octanol–water partition coefficient (Wildman–Crippen LogP) is 2.45. The van der Waals surface area contributed by atoms with Crippen molar-refractivity contribution in [2.75, 3.05) is 12.3 Å². The van der Waals surface area contributed by atoms with Gasteiger partial charge in [0.15, 0.2) is 10.8 Å². The molecule has 3 heterocycles. The third-order valence-electron chi connectivity index (χ3n) is 4.61. The first-order valence-corrected chi connectivity index (χ1v) is 10.0. The molecule has 0 aliphatic carbocycles. The van der Waals surface area contributed by atoms with Gasteiger partial charge in [0.25, 0.3) is 5.56 Å². The number of nitrogens with one attached hydrogen (secondary N) is 1. The molecule has 1 N–H and O–H groups in total. The average molecular weight is 383 g/mol. The molecule has 0 saturated carbocycles. The van der Waals surface area contributed by atoms with Gasteiger partial charge in [-0.25, -0.2) is 9.67 Å². The normalized spacial score (nSPS) is 15.9. The lowest BCUT2D eigenvalue weighted by Crippen LogP contribution is -2.31. The van der Waals surface area contributed by atoms with Gasteiger partial charge < -0.3 is 5.32 Å². The zero-order valence-electron chi connectivity index (χ0n) is 15.3. The van der Waals surface area contributed by atoms with E-state index < -0.39 is 0 Å². The van der Waals surface area contributed by atoms with Crippen LogP contribution in [0.3, 0.4) is 0 Å². The molecule has 4 rings (SSSR count). The fraction of sp³-hybridized carbons (Fsp3) is 0.368. The number of amides is 1. The maximum absolute atomic E-state index is 13.1. The summed E-state index contributed by atoms with van der Waals surface area (Å²) in [6.45, 7) is 4.68. The van der Waals surface area contributed by atoms with Crippen LogP contribution in [0.5, 0.6) is 0 Å². The Kier molecular flexibility index (Phi) is 4.73. The van der Waals surface area contributed by atoms with E-state index in [9.17, 15) is 9.59 Å². The van der Waals surface area contributed by atoms with E-state index in [4.69, 9.17) is 4.98 Å². The molecule has 1 unspecified atom stereocenters. The fourth-order valence-electron chi connectivity index (χ4n) is 3.28. The number of carbonyl (C=O) groups excluding carboxylic acids is 1. The summed E-state index contributed by atoms with van der Waals surface area (Å²) in [5.41, 5.74) is 2.41. The molecular formula is C19H21N5O2S. The highest BCUT2D eigenvalue weighted by Gasteiger charge is 2.29. The van der Waals surface area contributed by atoms with Gasteiger partial charge in [-0.2, -0.15) is 5.10 Å². The summed E-state index contributed by atoms with van der Waals surface area (Å²) in [6, 6.07) is 7.75. The Morgan fingerprint density at radius 2 is 2.26 bits per heavy atom. The van der Waals surface area contributed by atoms with Crippen LogP contribution in [0.25, 0.3) is 16.7 Å². The number of nitrogens with zero attached hydrogens (tertiary/aromatic N) is 4. The molecular weight excluding hydrogens is 362 g/mol. The van der Waals surface area contributed by atoms with E-state index in [-0.39, 0.29) is 17.5 Å². The third kappa shape index (κ3) is 3.25. The largest absolute Gasteiger partial charge is 0.356 e. The lowest BCUT2D eigenvalue weighted by atomic mass is 10.2. The van der Waals surface area contributed by atoms with Crippen molar-refractivity contribution in [2.45, 2.75) is 37.9 Å². The van der Waals surface area contributed by atoms with Crippen molar-refractivity contribution in [1.29, 1.82) is 0 Å². The Bertz CT molecular complexity index is 1070. The predicted molar refractivity (Wildman–Crippen MR) is 106 cm³/mol. The molecule has 0 saturated heterocycles. The first kappa shape index (κ1) is 17.8. The van der Waals surface area contributed by atoms with Crippen LogP contribution in [-0.2, 0) is 4.79 Å². The van der Waals surface area contributed by atoms with E-state index in [2.05, 4.69) is 10.4 Å². The van der Waals surface area contributed by atoms with Gasteiger partial charge in [0.1, 0.15) is 5.39 Å². The van der Waals surface area contributed by atoms with Crippen LogP contribution in [-0.4, -0.2) is 37.5 Å². The van der Waals surface area contributed by atoms with Crippen molar-refractivity contribution >= 4 is 28.7 Å². The van der Waals surface area contributed by atoms with Crippen LogP contribution < -0.4 is 10.9 Å². The number of aromatic nitrogens is 4. The molecule has 140 valence electrons. The topological polar surface area (TPSA) is 81.8 Å². The van der Waals surface area contributed by atoms with Gasteiger partial charge >= 0.3 is 0 Å². The van der Waals surface area contributed by atoms with Crippen molar-refractivity contribution in [3.05, 3.63) is 46.4 Å². The molecule has 27 heavy (non-hydrogen) atoms. The van der Waals surface area contributed by atoms with Crippen LogP contribution in [0, 0.1) is 6.92 Å². The average Bonchev–Trinajstić information content (AvgIpc) is 3.25. The Morgan fingerprint density at radius 1 is 1.41 bits per heavy atom. The van der Waals surface area contributed by atoms with E-state index in [1.165, 1.54) is 11.8 Å². The Hall–Kier alpha value is -2.61. The van der Waals surface area contributed by atoms with E-state index in [0.29, 0.717) is 34.9 Å². The second-order valence-corrected chi connectivity index (χ2v) is 7.71. The number of aryl methyl sites for hydroxylation is 1. The molecule has 1 atom stereocenters. The van der Waals surface area contributed by atoms with Crippen LogP contribution in [0.4, 0.5) is 0 Å². The molecule has 1 amide bonds. The Balaban J connectivity index is 1.73. The van der Waals surface area contributed by atoms with Crippen LogP contribution in [0.1, 0.15) is 31.4 Å². The summed E-state index contributed by atoms with van der Waals surface area (Å²) in [7, 11) is 0. The molecule has 2 aromatic heterocycles. The standard InChI is InChI=1S/C19H21N5O2S/c1-3-7-20-16(25)9-14-11-27-19-22-17-15(18(26)23(14)19)10-21-24(17)13-6-4-5-12(2)8-13/h4-6,8,10,14H,3,7,9,11H2,1-2H3,(H,20,25). The highest BCUT2D eigenvalue weighted by atomic mass is 32.2. The van der Waals surface area contributed by atoms with Crippen molar-refractivity contribution in [2.24, 2.45) is 0 Å². The molecule has 7 nitrogen and oxygen atoms in total. The summed E-state index contributed by atoms with van der Waals surface area (Å²) in [4.78, 5) is 29.9.